The van der Waals surface area contributed by atoms with E-state index in [0.717, 1.165) is 5.56 Å². The Labute approximate surface area is 174 Å². The molecule has 0 saturated carbocycles. The molecular weight excluding hydrogens is 396 g/mol. The number of rotatable bonds is 8. The number of carbonyl (C=O) groups is 2. The summed E-state index contributed by atoms with van der Waals surface area (Å²) in [7, 11) is 2.90. The molecule has 0 aromatic heterocycles. The summed E-state index contributed by atoms with van der Waals surface area (Å²) in [5.41, 5.74) is 1.50. The van der Waals surface area contributed by atoms with Crippen LogP contribution < -0.4 is 14.4 Å². The van der Waals surface area contributed by atoms with Gasteiger partial charge in [0.15, 0.2) is 6.61 Å². The second-order valence-corrected chi connectivity index (χ2v) is 6.44. The van der Waals surface area contributed by atoms with E-state index >= 15 is 0 Å². The van der Waals surface area contributed by atoms with Gasteiger partial charge in [0.25, 0.3) is 5.91 Å². The molecular formula is C21H21ClN2O5. The average molecular weight is 417 g/mol. The normalized spacial score (nSPS) is 10.0. The number of nitriles is 1. The lowest BCUT2D eigenvalue weighted by Crippen LogP contribution is -2.35. The van der Waals surface area contributed by atoms with Crippen molar-refractivity contribution in [1.82, 2.24) is 0 Å². The maximum Gasteiger partial charge on any atom is 0.342 e. The van der Waals surface area contributed by atoms with Crippen molar-refractivity contribution in [2.75, 3.05) is 32.3 Å². The molecule has 152 valence electrons. The highest BCUT2D eigenvalue weighted by Gasteiger charge is 2.21. The quantitative estimate of drug-likeness (QED) is 0.608. The summed E-state index contributed by atoms with van der Waals surface area (Å²) in [6, 6.07) is 11.8. The summed E-state index contributed by atoms with van der Waals surface area (Å²) >= 11 is 6.05. The third-order valence-electron chi connectivity index (χ3n) is 4.15. The summed E-state index contributed by atoms with van der Waals surface area (Å²) in [4.78, 5) is 26.6. The second kappa shape index (κ2) is 10.3. The first-order chi connectivity index (χ1) is 13.9. The molecule has 0 radical (unpaired) electrons. The van der Waals surface area contributed by atoms with E-state index in [9.17, 15) is 9.59 Å². The molecule has 0 aliphatic rings. The highest BCUT2D eigenvalue weighted by atomic mass is 35.5. The van der Waals surface area contributed by atoms with Gasteiger partial charge in [0, 0.05) is 17.3 Å². The zero-order valence-corrected chi connectivity index (χ0v) is 17.2. The molecule has 0 unspecified atom stereocenters. The molecule has 2 aromatic carbocycles. The van der Waals surface area contributed by atoms with Crippen molar-refractivity contribution < 1.29 is 23.8 Å². The Morgan fingerprint density at radius 1 is 1.14 bits per heavy atom. The highest BCUT2D eigenvalue weighted by molar-refractivity contribution is 6.31. The lowest BCUT2D eigenvalue weighted by molar-refractivity contribution is -0.121. The van der Waals surface area contributed by atoms with E-state index < -0.39 is 18.5 Å². The molecule has 29 heavy (non-hydrogen) atoms. The number of ether oxygens (including phenoxy) is 3. The number of benzene rings is 2. The van der Waals surface area contributed by atoms with Gasteiger partial charge < -0.3 is 19.1 Å². The van der Waals surface area contributed by atoms with E-state index in [2.05, 4.69) is 0 Å². The molecule has 0 aliphatic carbocycles. The van der Waals surface area contributed by atoms with Crippen LogP contribution in [-0.2, 0) is 9.53 Å². The molecule has 0 fully saturated rings. The van der Waals surface area contributed by atoms with Gasteiger partial charge in [-0.2, -0.15) is 5.26 Å². The number of halogens is 1. The van der Waals surface area contributed by atoms with Gasteiger partial charge in [-0.05, 0) is 48.9 Å². The highest BCUT2D eigenvalue weighted by Crippen LogP contribution is 2.25. The second-order valence-electron chi connectivity index (χ2n) is 6.03. The Morgan fingerprint density at radius 3 is 2.52 bits per heavy atom. The predicted octanol–water partition coefficient (Wildman–Crippen LogP) is 3.77. The fourth-order valence-electron chi connectivity index (χ4n) is 2.61. The molecule has 0 heterocycles. The van der Waals surface area contributed by atoms with Gasteiger partial charge in [0.1, 0.15) is 17.1 Å². The number of hydrogen-bond acceptors (Lipinski definition) is 6. The van der Waals surface area contributed by atoms with Crippen LogP contribution in [0.2, 0.25) is 5.02 Å². The molecule has 0 bridgehead atoms. The summed E-state index contributed by atoms with van der Waals surface area (Å²) in [6.07, 6.45) is 0.130. The maximum absolute atomic E-state index is 12.7. The van der Waals surface area contributed by atoms with E-state index in [1.807, 2.05) is 13.0 Å². The predicted molar refractivity (Wildman–Crippen MR) is 109 cm³/mol. The number of hydrogen-bond donors (Lipinski definition) is 0. The van der Waals surface area contributed by atoms with Crippen molar-refractivity contribution in [3.05, 3.63) is 52.5 Å². The Kier molecular flexibility index (Phi) is 7.87. The molecule has 7 nitrogen and oxygen atoms in total. The van der Waals surface area contributed by atoms with E-state index in [4.69, 9.17) is 31.1 Å². The van der Waals surface area contributed by atoms with E-state index in [1.54, 1.807) is 30.3 Å². The van der Waals surface area contributed by atoms with E-state index in [0.29, 0.717) is 22.2 Å². The van der Waals surface area contributed by atoms with Crippen LogP contribution in [0.15, 0.2) is 36.4 Å². The van der Waals surface area contributed by atoms with E-state index in [-0.39, 0.29) is 18.5 Å². The first-order valence-corrected chi connectivity index (χ1v) is 9.11. The topological polar surface area (TPSA) is 88.9 Å². The van der Waals surface area contributed by atoms with Crippen LogP contribution in [0.25, 0.3) is 0 Å². The lowest BCUT2D eigenvalue weighted by Gasteiger charge is -2.22. The largest absolute Gasteiger partial charge is 0.497 e. The minimum atomic E-state index is -0.721. The lowest BCUT2D eigenvalue weighted by atomic mass is 10.2. The molecule has 1 amide bonds. The smallest absolute Gasteiger partial charge is 0.342 e. The van der Waals surface area contributed by atoms with Crippen LogP contribution in [-0.4, -0.2) is 39.2 Å². The molecule has 0 N–H and O–H groups in total. The Hall–Kier alpha value is -3.24. The number of methoxy groups -OCH3 is 2. The van der Waals surface area contributed by atoms with Gasteiger partial charge in [-0.1, -0.05) is 11.6 Å². The zero-order valence-electron chi connectivity index (χ0n) is 16.4. The van der Waals surface area contributed by atoms with Gasteiger partial charge in [-0.3, -0.25) is 4.79 Å². The van der Waals surface area contributed by atoms with Crippen molar-refractivity contribution in [2.45, 2.75) is 13.3 Å². The first kappa shape index (κ1) is 22.1. The van der Waals surface area contributed by atoms with Gasteiger partial charge in [-0.25, -0.2) is 4.79 Å². The van der Waals surface area contributed by atoms with Crippen molar-refractivity contribution in [3.63, 3.8) is 0 Å². The standard InChI is InChI=1S/C21H21ClN2O5/c1-14-11-15(5-7-18(14)22)24(10-4-9-23)20(25)13-29-21(26)17-12-16(27-2)6-8-19(17)28-3/h5-8,11-12H,4,10,13H2,1-3H3. The van der Waals surface area contributed by atoms with Crippen molar-refractivity contribution in [2.24, 2.45) is 0 Å². The van der Waals surface area contributed by atoms with Crippen LogP contribution in [0, 0.1) is 18.3 Å². The van der Waals surface area contributed by atoms with Crippen molar-refractivity contribution >= 4 is 29.2 Å². The minimum Gasteiger partial charge on any atom is -0.497 e. The SMILES string of the molecule is COc1ccc(OC)c(C(=O)OCC(=O)N(CCC#N)c2ccc(Cl)c(C)c2)c1. The third-order valence-corrected chi connectivity index (χ3v) is 4.58. The maximum atomic E-state index is 12.7. The summed E-state index contributed by atoms with van der Waals surface area (Å²) < 4.78 is 15.5. The molecule has 2 aromatic rings. The zero-order chi connectivity index (χ0) is 21.4. The number of carbonyl (C=O) groups excluding carboxylic acids is 2. The minimum absolute atomic E-state index is 0.130. The summed E-state index contributed by atoms with van der Waals surface area (Å²) in [6.45, 7) is 1.48. The summed E-state index contributed by atoms with van der Waals surface area (Å²) in [5, 5.41) is 9.46. The van der Waals surface area contributed by atoms with Gasteiger partial charge in [0.2, 0.25) is 0 Å². The number of anilines is 1. The van der Waals surface area contributed by atoms with Crippen LogP contribution in [0.1, 0.15) is 22.3 Å². The van der Waals surface area contributed by atoms with Gasteiger partial charge >= 0.3 is 5.97 Å². The van der Waals surface area contributed by atoms with Crippen molar-refractivity contribution in [3.8, 4) is 17.6 Å². The summed E-state index contributed by atoms with van der Waals surface area (Å²) in [5.74, 6) is -0.423. The number of nitrogens with zero attached hydrogens (tertiary/aromatic N) is 2. The van der Waals surface area contributed by atoms with Crippen LogP contribution in [0.3, 0.4) is 0 Å². The molecule has 8 heteroatoms. The van der Waals surface area contributed by atoms with Crippen LogP contribution >= 0.6 is 11.6 Å². The average Bonchev–Trinajstić information content (AvgIpc) is 2.74. The Balaban J connectivity index is 2.16. The molecule has 2 rings (SSSR count). The van der Waals surface area contributed by atoms with Crippen LogP contribution in [0.4, 0.5) is 5.69 Å². The van der Waals surface area contributed by atoms with Crippen LogP contribution in [0.5, 0.6) is 11.5 Å². The fraction of sp³-hybridized carbons (Fsp3) is 0.286. The Morgan fingerprint density at radius 2 is 1.90 bits per heavy atom. The third kappa shape index (κ3) is 5.62. The Bertz CT molecular complexity index is 939. The number of esters is 1. The number of amides is 1. The van der Waals surface area contributed by atoms with Gasteiger partial charge in [-0.15, -0.1) is 0 Å². The van der Waals surface area contributed by atoms with Gasteiger partial charge in [0.05, 0.1) is 26.7 Å². The monoisotopic (exact) mass is 416 g/mol. The van der Waals surface area contributed by atoms with E-state index in [1.165, 1.54) is 25.2 Å². The molecule has 0 spiro atoms. The molecule has 0 saturated heterocycles. The fourth-order valence-corrected chi connectivity index (χ4v) is 2.73. The van der Waals surface area contributed by atoms with Crippen molar-refractivity contribution in [1.29, 1.82) is 5.26 Å². The number of aryl methyl sites for hydroxylation is 1. The first-order valence-electron chi connectivity index (χ1n) is 8.73. The molecule has 0 atom stereocenters. The molecule has 0 aliphatic heterocycles.